The van der Waals surface area contributed by atoms with Crippen molar-refractivity contribution in [3.8, 4) is 0 Å². The topological polar surface area (TPSA) is 23.5 Å². The molecule has 0 spiro atoms. The van der Waals surface area contributed by atoms with Crippen LogP contribution in [0, 0.1) is 11.3 Å². The second-order valence-electron chi connectivity index (χ2n) is 7.03. The van der Waals surface area contributed by atoms with Gasteiger partial charge in [0, 0.05) is 12.1 Å². The fraction of sp³-hybridized carbons (Fsp3) is 1.00. The molecule has 2 rings (SSSR count). The molecule has 0 saturated heterocycles. The molecule has 17 heavy (non-hydrogen) atoms. The highest BCUT2D eigenvalue weighted by molar-refractivity contribution is 4.94. The minimum Gasteiger partial charge on any atom is -0.393 e. The summed E-state index contributed by atoms with van der Waals surface area (Å²) in [6.45, 7) is 7.11. The van der Waals surface area contributed by atoms with Crippen LogP contribution in [-0.2, 0) is 0 Å². The third kappa shape index (κ3) is 2.68. The van der Waals surface area contributed by atoms with Crippen LogP contribution in [-0.4, -0.2) is 35.2 Å². The maximum Gasteiger partial charge on any atom is 0.0555 e. The monoisotopic (exact) mass is 239 g/mol. The van der Waals surface area contributed by atoms with Gasteiger partial charge in [0.15, 0.2) is 0 Å². The van der Waals surface area contributed by atoms with Gasteiger partial charge in [-0.3, -0.25) is 4.90 Å². The number of hydrogen-bond donors (Lipinski definition) is 1. The first-order valence-electron chi connectivity index (χ1n) is 7.32. The van der Waals surface area contributed by atoms with E-state index >= 15 is 0 Å². The van der Waals surface area contributed by atoms with Crippen LogP contribution in [0.5, 0.6) is 0 Å². The molecule has 0 aromatic rings. The summed E-state index contributed by atoms with van der Waals surface area (Å²) in [4.78, 5) is 2.56. The van der Waals surface area contributed by atoms with Crippen molar-refractivity contribution in [1.82, 2.24) is 4.90 Å². The first-order valence-corrected chi connectivity index (χ1v) is 7.32. The van der Waals surface area contributed by atoms with E-state index in [1.807, 2.05) is 0 Å². The van der Waals surface area contributed by atoms with Crippen LogP contribution in [0.1, 0.15) is 59.3 Å². The second kappa shape index (κ2) is 4.89. The molecule has 0 heterocycles. The Labute approximate surface area is 106 Å². The molecule has 2 fully saturated rings. The quantitative estimate of drug-likeness (QED) is 0.818. The Morgan fingerprint density at radius 2 is 1.88 bits per heavy atom. The molecule has 0 radical (unpaired) electrons. The Kier molecular flexibility index (Phi) is 3.84. The summed E-state index contributed by atoms with van der Waals surface area (Å²) in [6.07, 6.45) is 7.24. The van der Waals surface area contributed by atoms with E-state index in [9.17, 15) is 5.11 Å². The van der Waals surface area contributed by atoms with E-state index in [0.717, 1.165) is 25.2 Å². The van der Waals surface area contributed by atoms with Gasteiger partial charge in [-0.25, -0.2) is 0 Å². The molecule has 0 aromatic carbocycles. The molecule has 0 aromatic heterocycles. The summed E-state index contributed by atoms with van der Waals surface area (Å²) in [5, 5.41) is 9.93. The minimum absolute atomic E-state index is 0.0796. The van der Waals surface area contributed by atoms with E-state index < -0.39 is 0 Å². The van der Waals surface area contributed by atoms with Crippen LogP contribution in [0.25, 0.3) is 0 Å². The van der Waals surface area contributed by atoms with E-state index in [0.29, 0.717) is 17.5 Å². The van der Waals surface area contributed by atoms with Crippen molar-refractivity contribution in [3.05, 3.63) is 0 Å². The van der Waals surface area contributed by atoms with Crippen molar-refractivity contribution in [2.45, 2.75) is 77.5 Å². The van der Waals surface area contributed by atoms with Gasteiger partial charge in [-0.1, -0.05) is 20.3 Å². The van der Waals surface area contributed by atoms with E-state index in [4.69, 9.17) is 0 Å². The fourth-order valence-electron chi connectivity index (χ4n) is 3.66. The highest BCUT2D eigenvalue weighted by atomic mass is 16.3. The predicted molar refractivity (Wildman–Crippen MR) is 72.0 cm³/mol. The zero-order valence-corrected chi connectivity index (χ0v) is 11.9. The molecule has 2 nitrogen and oxygen atoms in total. The lowest BCUT2D eigenvalue weighted by molar-refractivity contribution is -0.0314. The maximum atomic E-state index is 9.93. The molecule has 3 unspecified atom stereocenters. The Bertz CT molecular complexity index is 260. The lowest BCUT2D eigenvalue weighted by Crippen LogP contribution is -2.53. The van der Waals surface area contributed by atoms with Crippen molar-refractivity contribution < 1.29 is 5.11 Å². The van der Waals surface area contributed by atoms with Gasteiger partial charge < -0.3 is 5.11 Å². The van der Waals surface area contributed by atoms with Gasteiger partial charge in [-0.2, -0.15) is 0 Å². The van der Waals surface area contributed by atoms with Crippen LogP contribution < -0.4 is 0 Å². The van der Waals surface area contributed by atoms with Crippen molar-refractivity contribution >= 4 is 0 Å². The smallest absolute Gasteiger partial charge is 0.0555 e. The first kappa shape index (κ1) is 13.4. The molecule has 1 N–H and O–H groups in total. The molecule has 0 amide bonds. The zero-order chi connectivity index (χ0) is 12.6. The van der Waals surface area contributed by atoms with Crippen LogP contribution in [0.15, 0.2) is 0 Å². The highest BCUT2D eigenvalue weighted by Crippen LogP contribution is 2.41. The maximum absolute atomic E-state index is 9.93. The molecule has 2 heteroatoms. The van der Waals surface area contributed by atoms with Crippen molar-refractivity contribution in [3.63, 3.8) is 0 Å². The average Bonchev–Trinajstić information content (AvgIpc) is 2.18. The van der Waals surface area contributed by atoms with Gasteiger partial charge >= 0.3 is 0 Å². The van der Waals surface area contributed by atoms with Crippen LogP contribution >= 0.6 is 0 Å². The molecule has 100 valence electrons. The largest absolute Gasteiger partial charge is 0.393 e. The molecule has 2 aliphatic rings. The normalized spacial score (nSPS) is 35.6. The number of rotatable bonds is 3. The molecule has 0 aliphatic heterocycles. The zero-order valence-electron chi connectivity index (χ0n) is 11.9. The predicted octanol–water partition coefficient (Wildman–Crippen LogP) is 3.05. The number of aliphatic hydroxyl groups is 1. The molecular formula is C15H29NO. The van der Waals surface area contributed by atoms with E-state index in [-0.39, 0.29) is 6.10 Å². The number of aliphatic hydroxyl groups excluding tert-OH is 1. The van der Waals surface area contributed by atoms with Gasteiger partial charge in [-0.15, -0.1) is 0 Å². The molecular weight excluding hydrogens is 210 g/mol. The Balaban J connectivity index is 2.02. The van der Waals surface area contributed by atoms with E-state index in [1.54, 1.807) is 0 Å². The average molecular weight is 239 g/mol. The van der Waals surface area contributed by atoms with Crippen molar-refractivity contribution in [1.29, 1.82) is 0 Å². The van der Waals surface area contributed by atoms with Gasteiger partial charge in [-0.05, 0) is 57.4 Å². The molecule has 0 bridgehead atoms. The summed E-state index contributed by atoms with van der Waals surface area (Å²) in [5.74, 6) is 0.898. The van der Waals surface area contributed by atoms with Gasteiger partial charge in [0.05, 0.1) is 6.10 Å². The minimum atomic E-state index is -0.0796. The van der Waals surface area contributed by atoms with E-state index in [2.05, 4.69) is 32.7 Å². The fourth-order valence-corrected chi connectivity index (χ4v) is 3.66. The summed E-state index contributed by atoms with van der Waals surface area (Å²) in [6, 6.07) is 1.22. The van der Waals surface area contributed by atoms with E-state index in [1.165, 1.54) is 19.3 Å². The lowest BCUT2D eigenvalue weighted by atomic mass is 9.70. The van der Waals surface area contributed by atoms with Crippen LogP contribution in [0.4, 0.5) is 0 Å². The van der Waals surface area contributed by atoms with Crippen LogP contribution in [0.2, 0.25) is 0 Å². The van der Waals surface area contributed by atoms with Crippen molar-refractivity contribution in [2.24, 2.45) is 11.3 Å². The van der Waals surface area contributed by atoms with Gasteiger partial charge in [0.25, 0.3) is 0 Å². The number of hydrogen-bond acceptors (Lipinski definition) is 2. The number of nitrogens with zero attached hydrogens (tertiary/aromatic N) is 1. The molecule has 2 saturated carbocycles. The summed E-state index contributed by atoms with van der Waals surface area (Å²) < 4.78 is 0. The molecule has 2 aliphatic carbocycles. The summed E-state index contributed by atoms with van der Waals surface area (Å²) in [7, 11) is 2.27. The Morgan fingerprint density at radius 1 is 1.24 bits per heavy atom. The second-order valence-corrected chi connectivity index (χ2v) is 7.03. The van der Waals surface area contributed by atoms with Gasteiger partial charge in [0.1, 0.15) is 0 Å². The van der Waals surface area contributed by atoms with Crippen molar-refractivity contribution in [2.75, 3.05) is 7.05 Å². The third-order valence-corrected chi connectivity index (χ3v) is 5.49. The third-order valence-electron chi connectivity index (χ3n) is 5.49. The SMILES string of the molecule is CC(C1CCC1)N(C)C1CC(O)CCC1(C)C. The molecule has 3 atom stereocenters. The van der Waals surface area contributed by atoms with Crippen LogP contribution in [0.3, 0.4) is 0 Å². The standard InChI is InChI=1S/C15H29NO/c1-11(12-6-5-7-12)16(4)14-10-13(17)8-9-15(14,2)3/h11-14,17H,5-10H2,1-4H3. The summed E-state index contributed by atoms with van der Waals surface area (Å²) in [5.41, 5.74) is 0.353. The first-order chi connectivity index (χ1) is 7.92. The summed E-state index contributed by atoms with van der Waals surface area (Å²) >= 11 is 0. The highest BCUT2D eigenvalue weighted by Gasteiger charge is 2.41. The Hall–Kier alpha value is -0.0800. The Morgan fingerprint density at radius 3 is 2.41 bits per heavy atom. The van der Waals surface area contributed by atoms with Gasteiger partial charge in [0.2, 0.25) is 0 Å². The lowest BCUT2D eigenvalue weighted by Gasteiger charge is -2.50.